The number of halogens is 1. The van der Waals surface area contributed by atoms with Crippen molar-refractivity contribution in [2.45, 2.75) is 39.2 Å². The lowest BCUT2D eigenvalue weighted by Crippen LogP contribution is -2.53. The van der Waals surface area contributed by atoms with Gasteiger partial charge in [-0.15, -0.1) is 0 Å². The van der Waals surface area contributed by atoms with Crippen molar-refractivity contribution in [3.63, 3.8) is 0 Å². The van der Waals surface area contributed by atoms with E-state index in [1.165, 1.54) is 10.5 Å². The molecule has 1 atom stereocenters. The van der Waals surface area contributed by atoms with Crippen molar-refractivity contribution in [3.05, 3.63) is 81.5 Å². The fraction of sp³-hybridized carbons (Fsp3) is 0.433. The number of nitrogens with zero attached hydrogens (tertiary/aromatic N) is 3. The quantitative estimate of drug-likeness (QED) is 0.529. The minimum Gasteiger partial charge on any atom is -0.463 e. The van der Waals surface area contributed by atoms with E-state index in [4.69, 9.17) is 16.3 Å². The van der Waals surface area contributed by atoms with E-state index in [1.54, 1.807) is 38.2 Å². The zero-order valence-corrected chi connectivity index (χ0v) is 24.0. The van der Waals surface area contributed by atoms with Crippen LogP contribution in [0.15, 0.2) is 59.8 Å². The highest BCUT2D eigenvalue weighted by atomic mass is 35.5. The molecular weight excluding hydrogens is 516 g/mol. The molecule has 208 valence electrons. The summed E-state index contributed by atoms with van der Waals surface area (Å²) in [6.07, 6.45) is 0. The fourth-order valence-corrected chi connectivity index (χ4v) is 5.05. The smallest absolute Gasteiger partial charge is 0.338 e. The number of piperazine rings is 1. The molecule has 2 aromatic rings. The summed E-state index contributed by atoms with van der Waals surface area (Å²) in [4.78, 5) is 44.8. The van der Waals surface area contributed by atoms with E-state index >= 15 is 0 Å². The second-order valence-corrected chi connectivity index (χ2v) is 11.4. The topological polar surface area (TPSA) is 82.2 Å². The van der Waals surface area contributed by atoms with Gasteiger partial charge in [0, 0.05) is 56.1 Å². The number of likely N-dealkylation sites (N-methyl/N-ethyl adjacent to an activating group) is 1. The van der Waals surface area contributed by atoms with E-state index in [0.717, 1.165) is 5.56 Å². The summed E-state index contributed by atoms with van der Waals surface area (Å²) in [7, 11) is 1.67. The molecule has 0 unspecified atom stereocenters. The first-order valence-corrected chi connectivity index (χ1v) is 13.7. The van der Waals surface area contributed by atoms with Gasteiger partial charge in [0.2, 0.25) is 0 Å². The lowest BCUT2D eigenvalue weighted by atomic mass is 9.85. The van der Waals surface area contributed by atoms with Crippen LogP contribution in [-0.4, -0.2) is 79.0 Å². The highest BCUT2D eigenvalue weighted by molar-refractivity contribution is 6.30. The number of nitrogens with one attached hydrogen (secondary N) is 1. The van der Waals surface area contributed by atoms with Crippen molar-refractivity contribution in [2.24, 2.45) is 0 Å². The second kappa shape index (κ2) is 11.8. The number of rotatable bonds is 6. The Balaban J connectivity index is 1.57. The van der Waals surface area contributed by atoms with Crippen LogP contribution in [0.25, 0.3) is 0 Å². The predicted molar refractivity (Wildman–Crippen MR) is 152 cm³/mol. The van der Waals surface area contributed by atoms with Crippen LogP contribution in [-0.2, 0) is 14.9 Å². The second-order valence-electron chi connectivity index (χ2n) is 11.0. The van der Waals surface area contributed by atoms with E-state index in [-0.39, 0.29) is 24.0 Å². The maximum atomic E-state index is 13.3. The van der Waals surface area contributed by atoms with E-state index in [0.29, 0.717) is 54.6 Å². The van der Waals surface area contributed by atoms with Crippen LogP contribution < -0.4 is 5.32 Å². The molecule has 0 radical (unpaired) electrons. The molecule has 0 aliphatic carbocycles. The first-order chi connectivity index (χ1) is 18.5. The molecule has 2 aliphatic heterocycles. The van der Waals surface area contributed by atoms with Gasteiger partial charge in [0.05, 0.1) is 18.2 Å². The van der Waals surface area contributed by atoms with Gasteiger partial charge < -0.3 is 15.0 Å². The zero-order valence-electron chi connectivity index (χ0n) is 23.3. The molecule has 8 nitrogen and oxygen atoms in total. The minimum atomic E-state index is -0.621. The summed E-state index contributed by atoms with van der Waals surface area (Å²) in [5.74, 6) is -0.480. The molecule has 0 saturated carbocycles. The minimum absolute atomic E-state index is 0.0172. The molecule has 1 N–H and O–H groups in total. The summed E-state index contributed by atoms with van der Waals surface area (Å²) in [5, 5.41) is 3.58. The monoisotopic (exact) mass is 552 g/mol. The third kappa shape index (κ3) is 6.45. The Labute approximate surface area is 235 Å². The van der Waals surface area contributed by atoms with Crippen molar-refractivity contribution < 1.29 is 19.1 Å². The van der Waals surface area contributed by atoms with Gasteiger partial charge in [-0.05, 0) is 47.7 Å². The molecule has 2 heterocycles. The SMILES string of the molecule is CCOC(=O)C1=C(CN2CCN(C(=O)c3ccc(Cl)cc3)CC2)N(C)C(=O)N[C@H]1c1ccc(C(C)(C)C)cc1. The van der Waals surface area contributed by atoms with Gasteiger partial charge in [-0.1, -0.05) is 56.6 Å². The highest BCUT2D eigenvalue weighted by Gasteiger charge is 2.38. The molecule has 1 fully saturated rings. The number of carbonyl (C=O) groups excluding carboxylic acids is 3. The third-order valence-corrected chi connectivity index (χ3v) is 7.56. The number of hydrogen-bond acceptors (Lipinski definition) is 5. The third-order valence-electron chi connectivity index (χ3n) is 7.31. The largest absolute Gasteiger partial charge is 0.463 e. The van der Waals surface area contributed by atoms with Crippen molar-refractivity contribution in [1.29, 1.82) is 0 Å². The van der Waals surface area contributed by atoms with Gasteiger partial charge >= 0.3 is 12.0 Å². The van der Waals surface area contributed by atoms with E-state index in [1.807, 2.05) is 29.2 Å². The Bertz CT molecular complexity index is 1240. The summed E-state index contributed by atoms with van der Waals surface area (Å²) >= 11 is 5.96. The first kappa shape index (κ1) is 28.6. The average molecular weight is 553 g/mol. The van der Waals surface area contributed by atoms with Crippen LogP contribution in [0.4, 0.5) is 4.79 Å². The Morgan fingerprint density at radius 1 is 1.00 bits per heavy atom. The predicted octanol–water partition coefficient (Wildman–Crippen LogP) is 4.61. The summed E-state index contributed by atoms with van der Waals surface area (Å²) < 4.78 is 5.46. The molecule has 2 aromatic carbocycles. The number of benzene rings is 2. The summed E-state index contributed by atoms with van der Waals surface area (Å²) in [6, 6.07) is 14.0. The van der Waals surface area contributed by atoms with Crippen LogP contribution in [0, 0.1) is 0 Å². The van der Waals surface area contributed by atoms with Crippen LogP contribution >= 0.6 is 11.6 Å². The number of carbonyl (C=O) groups is 3. The fourth-order valence-electron chi connectivity index (χ4n) is 4.92. The van der Waals surface area contributed by atoms with E-state index < -0.39 is 12.0 Å². The normalized spacial score (nSPS) is 18.7. The van der Waals surface area contributed by atoms with Crippen molar-refractivity contribution in [2.75, 3.05) is 46.4 Å². The van der Waals surface area contributed by atoms with Gasteiger partial charge in [-0.25, -0.2) is 9.59 Å². The maximum Gasteiger partial charge on any atom is 0.338 e. The van der Waals surface area contributed by atoms with Gasteiger partial charge in [0.15, 0.2) is 0 Å². The first-order valence-electron chi connectivity index (χ1n) is 13.3. The maximum absolute atomic E-state index is 13.3. The van der Waals surface area contributed by atoms with Crippen LogP contribution in [0.5, 0.6) is 0 Å². The van der Waals surface area contributed by atoms with Crippen LogP contribution in [0.2, 0.25) is 5.02 Å². The zero-order chi connectivity index (χ0) is 28.3. The Morgan fingerprint density at radius 2 is 1.62 bits per heavy atom. The lowest BCUT2D eigenvalue weighted by molar-refractivity contribution is -0.139. The van der Waals surface area contributed by atoms with Crippen molar-refractivity contribution in [1.82, 2.24) is 20.0 Å². The molecular formula is C30H37ClN4O4. The van der Waals surface area contributed by atoms with Crippen molar-refractivity contribution in [3.8, 4) is 0 Å². The standard InChI is InChI=1S/C30H37ClN4O4/c1-6-39-28(37)25-24(19-34-15-17-35(18-16-34)27(36)21-9-13-23(31)14-10-21)33(5)29(38)32-26(25)20-7-11-22(12-8-20)30(2,3)4/h7-14,26H,6,15-19H2,1-5H3,(H,32,38)/t26-/m0/s1. The van der Waals surface area contributed by atoms with Crippen LogP contribution in [0.3, 0.4) is 0 Å². The number of urea groups is 1. The van der Waals surface area contributed by atoms with E-state index in [9.17, 15) is 14.4 Å². The molecule has 2 aliphatic rings. The molecule has 1 saturated heterocycles. The van der Waals surface area contributed by atoms with Gasteiger partial charge in [-0.2, -0.15) is 0 Å². The highest BCUT2D eigenvalue weighted by Crippen LogP contribution is 2.33. The Hall–Kier alpha value is -3.36. The average Bonchev–Trinajstić information content (AvgIpc) is 2.91. The molecule has 0 aromatic heterocycles. The Kier molecular flexibility index (Phi) is 8.67. The molecule has 4 rings (SSSR count). The van der Waals surface area contributed by atoms with E-state index in [2.05, 4.69) is 31.0 Å². The molecule has 0 spiro atoms. The number of ether oxygens (including phenoxy) is 1. The lowest BCUT2D eigenvalue weighted by Gasteiger charge is -2.39. The van der Waals surface area contributed by atoms with Gasteiger partial charge in [0.1, 0.15) is 0 Å². The Morgan fingerprint density at radius 3 is 2.18 bits per heavy atom. The molecule has 0 bridgehead atoms. The number of hydrogen-bond donors (Lipinski definition) is 1. The molecule has 3 amide bonds. The molecule has 39 heavy (non-hydrogen) atoms. The van der Waals surface area contributed by atoms with Gasteiger partial charge in [-0.3, -0.25) is 14.6 Å². The summed E-state index contributed by atoms with van der Waals surface area (Å²) in [5.41, 5.74) is 3.61. The number of amides is 3. The van der Waals surface area contributed by atoms with Crippen LogP contribution in [0.1, 0.15) is 55.2 Å². The molecule has 9 heteroatoms. The van der Waals surface area contributed by atoms with Gasteiger partial charge in [0.25, 0.3) is 5.91 Å². The van der Waals surface area contributed by atoms with Crippen molar-refractivity contribution >= 4 is 29.5 Å². The summed E-state index contributed by atoms with van der Waals surface area (Å²) in [6.45, 7) is 11.1. The number of esters is 1.